The van der Waals surface area contributed by atoms with Crippen molar-refractivity contribution in [3.05, 3.63) is 66.0 Å². The van der Waals surface area contributed by atoms with Crippen LogP contribution in [0.1, 0.15) is 34.9 Å². The van der Waals surface area contributed by atoms with Crippen molar-refractivity contribution in [2.75, 3.05) is 5.75 Å². The molecule has 2 aromatic carbocycles. The third-order valence-corrected chi connectivity index (χ3v) is 6.21. The standard InChI is InChI=1S/C22H20N4OS/c1-26-21(15-11-12-15)24-25-22(26)28-13-18(27)19-16-9-5-6-10-17(16)23-20(19)14-7-3-2-4-8-14/h2-10,15,23H,11-13H2,1H3. The summed E-state index contributed by atoms with van der Waals surface area (Å²) < 4.78 is 2.03. The number of carbonyl (C=O) groups excluding carboxylic acids is 1. The molecule has 0 bridgehead atoms. The zero-order chi connectivity index (χ0) is 19.1. The molecule has 1 aliphatic carbocycles. The average molecular weight is 388 g/mol. The fourth-order valence-corrected chi connectivity index (χ4v) is 4.39. The highest BCUT2D eigenvalue weighted by Gasteiger charge is 2.29. The molecule has 0 amide bonds. The molecule has 140 valence electrons. The Morgan fingerprint density at radius 2 is 1.86 bits per heavy atom. The van der Waals surface area contributed by atoms with Crippen molar-refractivity contribution in [1.29, 1.82) is 0 Å². The summed E-state index contributed by atoms with van der Waals surface area (Å²) >= 11 is 1.46. The highest BCUT2D eigenvalue weighted by atomic mass is 32.2. The highest BCUT2D eigenvalue weighted by molar-refractivity contribution is 7.99. The molecule has 5 nitrogen and oxygen atoms in total. The highest BCUT2D eigenvalue weighted by Crippen LogP contribution is 2.39. The van der Waals surface area contributed by atoms with Gasteiger partial charge in [-0.25, -0.2) is 0 Å². The lowest BCUT2D eigenvalue weighted by molar-refractivity contribution is 0.102. The van der Waals surface area contributed by atoms with Gasteiger partial charge in [-0.3, -0.25) is 4.79 Å². The van der Waals surface area contributed by atoms with Crippen LogP contribution >= 0.6 is 11.8 Å². The fraction of sp³-hybridized carbons (Fsp3) is 0.227. The monoisotopic (exact) mass is 388 g/mol. The molecule has 5 rings (SSSR count). The first-order chi connectivity index (χ1) is 13.7. The summed E-state index contributed by atoms with van der Waals surface area (Å²) in [6.45, 7) is 0. The maximum Gasteiger partial charge on any atom is 0.191 e. The molecule has 0 atom stereocenters. The summed E-state index contributed by atoms with van der Waals surface area (Å²) in [5.41, 5.74) is 3.62. The van der Waals surface area contributed by atoms with E-state index in [0.29, 0.717) is 11.7 Å². The Morgan fingerprint density at radius 1 is 1.11 bits per heavy atom. The first-order valence-electron chi connectivity index (χ1n) is 9.44. The number of nitrogens with one attached hydrogen (secondary N) is 1. The van der Waals surface area contributed by atoms with Gasteiger partial charge in [0.1, 0.15) is 5.82 Å². The Morgan fingerprint density at radius 3 is 2.64 bits per heavy atom. The van der Waals surface area contributed by atoms with Gasteiger partial charge in [0.15, 0.2) is 10.9 Å². The number of carbonyl (C=O) groups is 1. The number of aromatic nitrogens is 4. The van der Waals surface area contributed by atoms with E-state index in [9.17, 15) is 4.79 Å². The van der Waals surface area contributed by atoms with E-state index in [1.165, 1.54) is 24.6 Å². The van der Waals surface area contributed by atoms with E-state index >= 15 is 0 Å². The van der Waals surface area contributed by atoms with Crippen molar-refractivity contribution in [1.82, 2.24) is 19.7 Å². The van der Waals surface area contributed by atoms with Crippen LogP contribution in [0.3, 0.4) is 0 Å². The third-order valence-electron chi connectivity index (χ3n) is 5.19. The lowest BCUT2D eigenvalue weighted by atomic mass is 10.0. The van der Waals surface area contributed by atoms with Crippen LogP contribution in [0.2, 0.25) is 0 Å². The smallest absolute Gasteiger partial charge is 0.191 e. The van der Waals surface area contributed by atoms with Crippen molar-refractivity contribution >= 4 is 28.4 Å². The number of rotatable bonds is 6. The second-order valence-electron chi connectivity index (χ2n) is 7.17. The summed E-state index contributed by atoms with van der Waals surface area (Å²) in [6, 6.07) is 18.0. The zero-order valence-corrected chi connectivity index (χ0v) is 16.4. The number of Topliss-reactive ketones (excluding diaryl/α,β-unsaturated/α-hetero) is 1. The van der Waals surface area contributed by atoms with Gasteiger partial charge in [0.2, 0.25) is 0 Å². The Kier molecular flexibility index (Phi) is 4.28. The van der Waals surface area contributed by atoms with Gasteiger partial charge in [-0.05, 0) is 24.5 Å². The van der Waals surface area contributed by atoms with E-state index in [1.807, 2.05) is 66.2 Å². The third kappa shape index (κ3) is 3.03. The van der Waals surface area contributed by atoms with Gasteiger partial charge < -0.3 is 9.55 Å². The number of hydrogen-bond donors (Lipinski definition) is 1. The van der Waals surface area contributed by atoms with Crippen LogP contribution in [0.25, 0.3) is 22.2 Å². The van der Waals surface area contributed by atoms with Crippen molar-refractivity contribution in [3.8, 4) is 11.3 Å². The molecule has 0 unspecified atom stereocenters. The van der Waals surface area contributed by atoms with Crippen molar-refractivity contribution in [2.45, 2.75) is 23.9 Å². The number of fused-ring (bicyclic) bond motifs is 1. The van der Waals surface area contributed by atoms with E-state index < -0.39 is 0 Å². The lowest BCUT2D eigenvalue weighted by Crippen LogP contribution is -2.05. The number of benzene rings is 2. The first kappa shape index (κ1) is 17.3. The molecular formula is C22H20N4OS. The van der Waals surface area contributed by atoms with Gasteiger partial charge in [-0.1, -0.05) is 60.3 Å². The molecule has 1 fully saturated rings. The maximum atomic E-state index is 13.3. The van der Waals surface area contributed by atoms with Crippen molar-refractivity contribution in [3.63, 3.8) is 0 Å². The predicted molar refractivity (Wildman–Crippen MR) is 112 cm³/mol. The zero-order valence-electron chi connectivity index (χ0n) is 15.6. The first-order valence-corrected chi connectivity index (χ1v) is 10.4. The molecule has 1 aliphatic rings. The van der Waals surface area contributed by atoms with Crippen LogP contribution in [0, 0.1) is 0 Å². The minimum Gasteiger partial charge on any atom is -0.354 e. The summed E-state index contributed by atoms with van der Waals surface area (Å²) in [6.07, 6.45) is 2.37. The number of ketones is 1. The van der Waals surface area contributed by atoms with E-state index in [-0.39, 0.29) is 5.78 Å². The number of nitrogens with zero attached hydrogens (tertiary/aromatic N) is 3. The van der Waals surface area contributed by atoms with Crippen LogP contribution in [0.5, 0.6) is 0 Å². The number of aromatic amines is 1. The SMILES string of the molecule is Cn1c(SCC(=O)c2c(-c3ccccc3)[nH]c3ccccc23)nnc1C1CC1. The molecule has 28 heavy (non-hydrogen) atoms. The van der Waals surface area contributed by atoms with Crippen LogP contribution < -0.4 is 0 Å². The van der Waals surface area contributed by atoms with Gasteiger partial charge in [0, 0.05) is 23.9 Å². The van der Waals surface area contributed by atoms with Gasteiger partial charge >= 0.3 is 0 Å². The van der Waals surface area contributed by atoms with Gasteiger partial charge in [-0.15, -0.1) is 10.2 Å². The Labute approximate surface area is 167 Å². The fourth-order valence-electron chi connectivity index (χ4n) is 3.60. The van der Waals surface area contributed by atoms with Gasteiger partial charge in [0.05, 0.1) is 17.0 Å². The molecule has 6 heteroatoms. The van der Waals surface area contributed by atoms with Crippen LogP contribution in [0.15, 0.2) is 59.8 Å². The summed E-state index contributed by atoms with van der Waals surface area (Å²) in [7, 11) is 1.99. The Bertz CT molecular complexity index is 1160. The maximum absolute atomic E-state index is 13.3. The molecule has 4 aromatic rings. The molecule has 0 spiro atoms. The summed E-state index contributed by atoms with van der Waals surface area (Å²) in [4.78, 5) is 16.7. The quantitative estimate of drug-likeness (QED) is 0.380. The second kappa shape index (κ2) is 6.95. The predicted octanol–water partition coefficient (Wildman–Crippen LogP) is 4.82. The van der Waals surface area contributed by atoms with E-state index in [0.717, 1.165) is 38.7 Å². The van der Waals surface area contributed by atoms with Crippen molar-refractivity contribution in [2.24, 2.45) is 7.05 Å². The minimum atomic E-state index is 0.0947. The Balaban J connectivity index is 1.47. The second-order valence-corrected chi connectivity index (χ2v) is 8.12. The van der Waals surface area contributed by atoms with Crippen molar-refractivity contribution < 1.29 is 4.79 Å². The van der Waals surface area contributed by atoms with E-state index in [2.05, 4.69) is 15.2 Å². The minimum absolute atomic E-state index is 0.0947. The number of para-hydroxylation sites is 1. The Hall–Kier alpha value is -2.86. The van der Waals surface area contributed by atoms with E-state index in [1.54, 1.807) is 0 Å². The molecule has 1 saturated carbocycles. The number of hydrogen-bond acceptors (Lipinski definition) is 4. The largest absolute Gasteiger partial charge is 0.354 e. The molecule has 0 saturated heterocycles. The molecule has 0 radical (unpaired) electrons. The number of thioether (sulfide) groups is 1. The molecule has 2 heterocycles. The van der Waals surface area contributed by atoms with Crippen LogP contribution in [-0.4, -0.2) is 31.3 Å². The molecular weight excluding hydrogens is 368 g/mol. The average Bonchev–Trinajstić information content (AvgIpc) is 3.39. The number of H-pyrrole nitrogens is 1. The van der Waals surface area contributed by atoms with Gasteiger partial charge in [0.25, 0.3) is 0 Å². The van der Waals surface area contributed by atoms with Crippen LogP contribution in [0.4, 0.5) is 0 Å². The normalized spacial score (nSPS) is 13.9. The molecule has 0 aliphatic heterocycles. The topological polar surface area (TPSA) is 63.6 Å². The summed E-state index contributed by atoms with van der Waals surface area (Å²) in [5.74, 6) is 2.00. The lowest BCUT2D eigenvalue weighted by Gasteiger charge is -2.05. The van der Waals surface area contributed by atoms with E-state index in [4.69, 9.17) is 0 Å². The molecule has 2 aromatic heterocycles. The molecule has 1 N–H and O–H groups in total. The van der Waals surface area contributed by atoms with Gasteiger partial charge in [-0.2, -0.15) is 0 Å². The van der Waals surface area contributed by atoms with Crippen LogP contribution in [-0.2, 0) is 7.05 Å². The summed E-state index contributed by atoms with van der Waals surface area (Å²) in [5, 5.41) is 10.4.